The average Bonchev–Trinajstić information content (AvgIpc) is 2.84. The Morgan fingerprint density at radius 1 is 1.02 bits per heavy atom. The minimum absolute atomic E-state index is 0.0424. The van der Waals surface area contributed by atoms with Gasteiger partial charge in [-0.25, -0.2) is 27.1 Å². The molecule has 2 aromatic rings. The van der Waals surface area contributed by atoms with Crippen LogP contribution < -0.4 is 4.31 Å². The van der Waals surface area contributed by atoms with Crippen LogP contribution in [-0.2, 0) is 28.8 Å². The predicted molar refractivity (Wildman–Crippen MR) is 176 cm³/mol. The molecular formula is C32H48FN3O6SSi. The molecule has 0 spiro atoms. The fourth-order valence-corrected chi connectivity index (χ4v) is 5.71. The molecule has 0 bridgehead atoms. The van der Waals surface area contributed by atoms with Crippen molar-refractivity contribution in [2.45, 2.75) is 104 Å². The van der Waals surface area contributed by atoms with Crippen molar-refractivity contribution in [3.05, 3.63) is 47.4 Å². The van der Waals surface area contributed by atoms with Crippen molar-refractivity contribution >= 4 is 42.1 Å². The van der Waals surface area contributed by atoms with Gasteiger partial charge >= 0.3 is 5.97 Å². The van der Waals surface area contributed by atoms with E-state index in [1.54, 1.807) is 26.8 Å². The SMILES string of the molecule is CC(C)c1nc(N(C)S(C)(=O)=O)nc(-c2ccc(F)cc2)c1/C=C/C(=O)C[C@@H](CC(=O)OC(C)(C)C)O[Si](C)(C)C(C)(C)C. The predicted octanol–water partition coefficient (Wildman–Crippen LogP) is 6.90. The van der Waals surface area contributed by atoms with Crippen molar-refractivity contribution in [2.24, 2.45) is 0 Å². The zero-order valence-corrected chi connectivity index (χ0v) is 29.9. The monoisotopic (exact) mass is 649 g/mol. The first kappa shape index (κ1) is 37.2. The third-order valence-electron chi connectivity index (χ3n) is 7.35. The highest BCUT2D eigenvalue weighted by molar-refractivity contribution is 7.92. The van der Waals surface area contributed by atoms with Gasteiger partial charge < -0.3 is 9.16 Å². The Balaban J connectivity index is 2.58. The van der Waals surface area contributed by atoms with Crippen LogP contribution in [0.2, 0.25) is 18.1 Å². The van der Waals surface area contributed by atoms with Crippen LogP contribution >= 0.6 is 0 Å². The van der Waals surface area contributed by atoms with E-state index in [9.17, 15) is 22.4 Å². The summed E-state index contributed by atoms with van der Waals surface area (Å²) in [6.45, 7) is 19.5. The minimum atomic E-state index is -3.68. The van der Waals surface area contributed by atoms with Crippen molar-refractivity contribution in [1.82, 2.24) is 9.97 Å². The molecule has 0 unspecified atom stereocenters. The first-order valence-electron chi connectivity index (χ1n) is 14.6. The van der Waals surface area contributed by atoms with Crippen LogP contribution in [0.3, 0.4) is 0 Å². The van der Waals surface area contributed by atoms with Gasteiger partial charge in [-0.2, -0.15) is 0 Å². The number of rotatable bonds is 12. The van der Waals surface area contributed by atoms with Crippen LogP contribution in [0.1, 0.15) is 85.4 Å². The molecule has 9 nitrogen and oxygen atoms in total. The maximum absolute atomic E-state index is 13.8. The summed E-state index contributed by atoms with van der Waals surface area (Å²) in [6, 6.07) is 5.64. The lowest BCUT2D eigenvalue weighted by Gasteiger charge is -2.39. The fraction of sp³-hybridized carbons (Fsp3) is 0.562. The van der Waals surface area contributed by atoms with E-state index < -0.39 is 41.8 Å². The van der Waals surface area contributed by atoms with Crippen LogP contribution in [-0.4, -0.2) is 63.5 Å². The van der Waals surface area contributed by atoms with Crippen LogP contribution in [0.4, 0.5) is 10.3 Å². The Kier molecular flexibility index (Phi) is 11.8. The van der Waals surface area contributed by atoms with E-state index in [0.717, 1.165) is 10.6 Å². The van der Waals surface area contributed by atoms with Crippen molar-refractivity contribution < 1.29 is 31.6 Å². The molecule has 0 amide bonds. The zero-order valence-electron chi connectivity index (χ0n) is 28.1. The van der Waals surface area contributed by atoms with E-state index in [-0.39, 0.29) is 35.5 Å². The van der Waals surface area contributed by atoms with E-state index in [0.29, 0.717) is 22.5 Å². The van der Waals surface area contributed by atoms with E-state index >= 15 is 0 Å². The Morgan fingerprint density at radius 3 is 2.07 bits per heavy atom. The van der Waals surface area contributed by atoms with Gasteiger partial charge in [0.05, 0.1) is 30.2 Å². The Hall–Kier alpha value is -2.96. The molecule has 1 aromatic heterocycles. The van der Waals surface area contributed by atoms with Gasteiger partial charge in [0.2, 0.25) is 16.0 Å². The van der Waals surface area contributed by atoms with Crippen molar-refractivity contribution in [3.8, 4) is 11.3 Å². The van der Waals surface area contributed by atoms with Crippen molar-refractivity contribution in [1.29, 1.82) is 0 Å². The van der Waals surface area contributed by atoms with E-state index in [2.05, 4.69) is 43.8 Å². The number of esters is 1. The molecule has 1 heterocycles. The third kappa shape index (κ3) is 10.6. The van der Waals surface area contributed by atoms with Gasteiger partial charge in [0.1, 0.15) is 11.4 Å². The molecule has 0 aliphatic rings. The lowest BCUT2D eigenvalue weighted by atomic mass is 9.97. The second-order valence-electron chi connectivity index (χ2n) is 13.9. The largest absolute Gasteiger partial charge is 0.460 e. The molecule has 1 aromatic carbocycles. The second kappa shape index (κ2) is 14.0. The van der Waals surface area contributed by atoms with Gasteiger partial charge in [0.15, 0.2) is 14.1 Å². The maximum atomic E-state index is 13.8. The summed E-state index contributed by atoms with van der Waals surface area (Å²) in [7, 11) is -4.67. The quantitative estimate of drug-likeness (QED) is 0.139. The van der Waals surface area contributed by atoms with E-state index in [4.69, 9.17) is 9.16 Å². The zero-order chi connectivity index (χ0) is 33.8. The molecule has 0 radical (unpaired) electrons. The summed E-state index contributed by atoms with van der Waals surface area (Å²) >= 11 is 0. The van der Waals surface area contributed by atoms with Gasteiger partial charge in [-0.15, -0.1) is 0 Å². The average molecular weight is 650 g/mol. The number of carbonyl (C=O) groups excluding carboxylic acids is 2. The molecule has 12 heteroatoms. The highest BCUT2D eigenvalue weighted by atomic mass is 32.2. The molecule has 244 valence electrons. The number of benzene rings is 1. The third-order valence-corrected chi connectivity index (χ3v) is 13.0. The number of hydrogen-bond donors (Lipinski definition) is 0. The lowest BCUT2D eigenvalue weighted by molar-refractivity contribution is -0.156. The number of hydrogen-bond acceptors (Lipinski definition) is 8. The summed E-state index contributed by atoms with van der Waals surface area (Å²) in [5, 5.41) is -0.146. The second-order valence-corrected chi connectivity index (χ2v) is 20.6. The smallest absolute Gasteiger partial charge is 0.308 e. The summed E-state index contributed by atoms with van der Waals surface area (Å²) < 4.78 is 51.4. The van der Waals surface area contributed by atoms with Crippen molar-refractivity contribution in [3.63, 3.8) is 0 Å². The van der Waals surface area contributed by atoms with Crippen LogP contribution in [0, 0.1) is 5.82 Å². The number of carbonyl (C=O) groups is 2. The first-order valence-corrected chi connectivity index (χ1v) is 19.4. The molecule has 0 fully saturated rings. The topological polar surface area (TPSA) is 116 Å². The van der Waals surface area contributed by atoms with E-state index in [1.807, 2.05) is 13.8 Å². The normalized spacial score (nSPS) is 13.8. The Labute approximate surface area is 263 Å². The number of anilines is 1. The van der Waals surface area contributed by atoms with Crippen molar-refractivity contribution in [2.75, 3.05) is 17.6 Å². The minimum Gasteiger partial charge on any atom is -0.460 e. The van der Waals surface area contributed by atoms with Crippen LogP contribution in [0.15, 0.2) is 30.3 Å². The van der Waals surface area contributed by atoms with Gasteiger partial charge in [0, 0.05) is 24.6 Å². The molecule has 0 aliphatic carbocycles. The number of ether oxygens (including phenoxy) is 1. The molecular weight excluding hydrogens is 602 g/mol. The standard InChI is InChI=1S/C32H48FN3O6SSi/c1-21(2)28-26(29(22-13-15-23(33)16-14-22)35-30(34-28)36(9)43(10,39)40)18-17-24(37)19-25(20-27(38)41-31(3,4)5)42-44(11,12)32(6,7)8/h13-18,21,25H,19-20H2,1-12H3/b18-17+/t25-/m0/s1. The highest BCUT2D eigenvalue weighted by Crippen LogP contribution is 2.38. The highest BCUT2D eigenvalue weighted by Gasteiger charge is 2.40. The Bertz CT molecular complexity index is 1480. The molecule has 44 heavy (non-hydrogen) atoms. The Morgan fingerprint density at radius 2 is 1.59 bits per heavy atom. The summed E-state index contributed by atoms with van der Waals surface area (Å²) in [4.78, 5) is 35.3. The first-order chi connectivity index (χ1) is 19.9. The fourth-order valence-electron chi connectivity index (χ4n) is 3.98. The summed E-state index contributed by atoms with van der Waals surface area (Å²) in [5.74, 6) is -1.39. The number of allylic oxidation sites excluding steroid dienone is 1. The number of aromatic nitrogens is 2. The summed E-state index contributed by atoms with van der Waals surface area (Å²) in [6.07, 6.45) is 3.23. The summed E-state index contributed by atoms with van der Waals surface area (Å²) in [5.41, 5.74) is 1.21. The lowest BCUT2D eigenvalue weighted by Crippen LogP contribution is -2.45. The molecule has 1 atom stereocenters. The van der Waals surface area contributed by atoms with Gasteiger partial charge in [0.25, 0.3) is 0 Å². The number of sulfonamides is 1. The maximum Gasteiger partial charge on any atom is 0.308 e. The van der Waals surface area contributed by atoms with Crippen LogP contribution in [0.5, 0.6) is 0 Å². The molecule has 2 rings (SSSR count). The number of ketones is 1. The molecule has 0 aliphatic heterocycles. The molecule has 0 saturated carbocycles. The molecule has 0 N–H and O–H groups in total. The van der Waals surface area contributed by atoms with Gasteiger partial charge in [-0.1, -0.05) is 34.6 Å². The van der Waals surface area contributed by atoms with E-state index in [1.165, 1.54) is 37.4 Å². The van der Waals surface area contributed by atoms with Crippen LogP contribution in [0.25, 0.3) is 17.3 Å². The van der Waals surface area contributed by atoms with Gasteiger partial charge in [-0.3, -0.25) is 9.59 Å². The number of halogens is 1. The molecule has 0 saturated heterocycles. The number of nitrogens with zero attached hydrogens (tertiary/aromatic N) is 3. The van der Waals surface area contributed by atoms with Gasteiger partial charge in [-0.05, 0) is 81.2 Å².